The molecule has 0 aliphatic heterocycles. The molecule has 4 aliphatic rings. The molecule has 0 heterocycles. The van der Waals surface area contributed by atoms with E-state index in [9.17, 15) is 9.59 Å². The van der Waals surface area contributed by atoms with Crippen LogP contribution in [0.25, 0.3) is 0 Å². The maximum Gasteiger partial charge on any atom is 0.137 e. The molecule has 0 spiro atoms. The molecule has 0 saturated heterocycles. The number of thiol groups is 1. The van der Waals surface area contributed by atoms with Crippen LogP contribution in [0.2, 0.25) is 0 Å². The molecule has 0 amide bonds. The van der Waals surface area contributed by atoms with E-state index in [0.29, 0.717) is 36.6 Å². The van der Waals surface area contributed by atoms with Crippen LogP contribution in [0.15, 0.2) is 0 Å². The van der Waals surface area contributed by atoms with E-state index in [1.807, 2.05) is 6.92 Å². The fourth-order valence-electron chi connectivity index (χ4n) is 8.22. The molecule has 158 valence electrons. The van der Waals surface area contributed by atoms with Gasteiger partial charge in [0.05, 0.1) is 12.2 Å². The summed E-state index contributed by atoms with van der Waals surface area (Å²) < 4.78 is 11.5. The van der Waals surface area contributed by atoms with Crippen molar-refractivity contribution in [3.05, 3.63) is 0 Å². The van der Waals surface area contributed by atoms with Gasteiger partial charge < -0.3 is 8.92 Å². The van der Waals surface area contributed by atoms with Crippen LogP contribution >= 0.6 is 12.9 Å². The maximum atomic E-state index is 13.6. The number of rotatable bonds is 4. The second-order valence-electron chi connectivity index (χ2n) is 10.5. The molecule has 0 bridgehead atoms. The second-order valence-corrected chi connectivity index (χ2v) is 10.7. The zero-order valence-electron chi connectivity index (χ0n) is 17.8. The van der Waals surface area contributed by atoms with Gasteiger partial charge in [0.1, 0.15) is 11.6 Å². The summed E-state index contributed by atoms with van der Waals surface area (Å²) in [5.41, 5.74) is -0.156. The summed E-state index contributed by atoms with van der Waals surface area (Å²) in [4.78, 5) is 25.9. The first kappa shape index (κ1) is 20.9. The Morgan fingerprint density at radius 1 is 1.14 bits per heavy atom. The van der Waals surface area contributed by atoms with Gasteiger partial charge in [-0.15, -0.1) is 0 Å². The van der Waals surface area contributed by atoms with Gasteiger partial charge in [-0.25, -0.2) is 0 Å². The van der Waals surface area contributed by atoms with E-state index in [2.05, 4.69) is 26.8 Å². The number of carbonyl (C=O) groups excluding carboxylic acids is 2. The van der Waals surface area contributed by atoms with Crippen molar-refractivity contribution < 1.29 is 18.5 Å². The first-order valence-electron chi connectivity index (χ1n) is 11.2. The highest BCUT2D eigenvalue weighted by Gasteiger charge is 2.64. The predicted octanol–water partition coefficient (Wildman–Crippen LogP) is 4.66. The van der Waals surface area contributed by atoms with Crippen LogP contribution in [0.5, 0.6) is 0 Å². The summed E-state index contributed by atoms with van der Waals surface area (Å²) in [5.74, 6) is 2.28. The van der Waals surface area contributed by atoms with Crippen molar-refractivity contribution in [1.29, 1.82) is 0 Å². The summed E-state index contributed by atoms with van der Waals surface area (Å²) in [6, 6.07) is 0. The Labute approximate surface area is 175 Å². The number of fused-ring (bicyclic) bond motifs is 5. The van der Waals surface area contributed by atoms with Crippen molar-refractivity contribution in [3.63, 3.8) is 0 Å². The third-order valence-electron chi connectivity index (χ3n) is 9.33. The Morgan fingerprint density at radius 3 is 2.54 bits per heavy atom. The molecule has 0 N–H and O–H groups in total. The van der Waals surface area contributed by atoms with Gasteiger partial charge >= 0.3 is 0 Å². The highest BCUT2D eigenvalue weighted by Crippen LogP contribution is 2.66. The lowest BCUT2D eigenvalue weighted by molar-refractivity contribution is -0.175. The quantitative estimate of drug-likeness (QED) is 0.543. The molecule has 4 aliphatic carbocycles. The van der Waals surface area contributed by atoms with E-state index in [-0.39, 0.29) is 40.7 Å². The van der Waals surface area contributed by atoms with E-state index in [1.165, 1.54) is 0 Å². The SMILES string of the molecule is CCO[C@H]1C[C@@]2(C)[C@@H](CC[C@H]3[C@@H]4CC[C@H](C(C)=O)[C@@]4(C)CC(=O)[C@@H]32)C[C@@H]1OS. The van der Waals surface area contributed by atoms with E-state index in [4.69, 9.17) is 8.92 Å². The van der Waals surface area contributed by atoms with Gasteiger partial charge in [0.25, 0.3) is 0 Å². The normalized spacial score (nSPS) is 50.6. The molecular formula is C23H36O4S. The van der Waals surface area contributed by atoms with Crippen molar-refractivity contribution in [3.8, 4) is 0 Å². The molecule has 0 radical (unpaired) electrons. The Hall–Kier alpha value is -0.390. The van der Waals surface area contributed by atoms with Crippen LogP contribution in [0, 0.1) is 40.4 Å². The van der Waals surface area contributed by atoms with Crippen LogP contribution in [-0.4, -0.2) is 30.4 Å². The molecule has 5 heteroatoms. The number of carbonyl (C=O) groups is 2. The number of Topliss-reactive ketones (excluding diaryl/α,β-unsaturated/α-hetero) is 2. The molecule has 4 saturated carbocycles. The Kier molecular flexibility index (Phi) is 5.50. The van der Waals surface area contributed by atoms with E-state index in [0.717, 1.165) is 38.5 Å². The number of hydrogen-bond donors (Lipinski definition) is 1. The zero-order valence-corrected chi connectivity index (χ0v) is 18.7. The van der Waals surface area contributed by atoms with Crippen molar-refractivity contribution in [2.24, 2.45) is 40.4 Å². The average Bonchev–Trinajstić information content (AvgIpc) is 2.97. The first-order valence-corrected chi connectivity index (χ1v) is 11.6. The molecular weight excluding hydrogens is 372 g/mol. The standard InChI is InChI=1S/C23H36O4S/c1-5-26-20-12-22(3)14(10-19(20)27-28)6-7-15-17-9-8-16(13(2)24)23(17,4)11-18(25)21(15)22/h14-17,19-21,28H,5-12H2,1-4H3/t14-,15-,16+,17-,19-,20-,21+,22-,23+/m0/s1. The van der Waals surface area contributed by atoms with Crippen molar-refractivity contribution in [1.82, 2.24) is 0 Å². The minimum Gasteiger partial charge on any atom is -0.376 e. The molecule has 4 rings (SSSR count). The van der Waals surface area contributed by atoms with E-state index >= 15 is 0 Å². The van der Waals surface area contributed by atoms with Crippen LogP contribution in [0.4, 0.5) is 0 Å². The number of ether oxygens (including phenoxy) is 1. The van der Waals surface area contributed by atoms with Gasteiger partial charge in [-0.3, -0.25) is 9.59 Å². The van der Waals surface area contributed by atoms with Crippen LogP contribution in [0.1, 0.15) is 72.6 Å². The summed E-state index contributed by atoms with van der Waals surface area (Å²) in [6.07, 6.45) is 6.74. The van der Waals surface area contributed by atoms with E-state index < -0.39 is 0 Å². The predicted molar refractivity (Wildman–Crippen MR) is 111 cm³/mol. The Bertz CT molecular complexity index is 651. The van der Waals surface area contributed by atoms with E-state index in [1.54, 1.807) is 6.92 Å². The van der Waals surface area contributed by atoms with Crippen LogP contribution in [0.3, 0.4) is 0 Å². The van der Waals surface area contributed by atoms with Gasteiger partial charge in [-0.2, -0.15) is 0 Å². The summed E-state index contributed by atoms with van der Waals surface area (Å²) in [5, 5.41) is 0. The topological polar surface area (TPSA) is 52.6 Å². The lowest BCUT2D eigenvalue weighted by Gasteiger charge is -2.60. The number of ketones is 2. The summed E-state index contributed by atoms with van der Waals surface area (Å²) >= 11 is 4.12. The Morgan fingerprint density at radius 2 is 1.89 bits per heavy atom. The summed E-state index contributed by atoms with van der Waals surface area (Å²) in [7, 11) is 0. The average molecular weight is 409 g/mol. The largest absolute Gasteiger partial charge is 0.376 e. The van der Waals surface area contributed by atoms with Gasteiger partial charge in [0.2, 0.25) is 0 Å². The fourth-order valence-corrected chi connectivity index (χ4v) is 8.44. The Balaban J connectivity index is 1.66. The minimum absolute atomic E-state index is 0.00967. The highest BCUT2D eigenvalue weighted by molar-refractivity contribution is 7.75. The van der Waals surface area contributed by atoms with Gasteiger partial charge in [0, 0.05) is 24.9 Å². The fraction of sp³-hybridized carbons (Fsp3) is 0.913. The molecule has 0 aromatic heterocycles. The molecule has 0 unspecified atom stereocenters. The van der Waals surface area contributed by atoms with Crippen molar-refractivity contribution in [2.45, 2.75) is 84.8 Å². The third-order valence-corrected chi connectivity index (χ3v) is 9.60. The van der Waals surface area contributed by atoms with Gasteiger partial charge in [-0.1, -0.05) is 13.8 Å². The lowest BCUT2D eigenvalue weighted by Crippen LogP contribution is -2.60. The van der Waals surface area contributed by atoms with Gasteiger partial charge in [0.15, 0.2) is 0 Å². The third kappa shape index (κ3) is 2.94. The maximum absolute atomic E-state index is 13.6. The molecule has 0 aromatic carbocycles. The smallest absolute Gasteiger partial charge is 0.137 e. The number of hydrogen-bond acceptors (Lipinski definition) is 5. The highest BCUT2D eigenvalue weighted by atomic mass is 32.1. The van der Waals surface area contributed by atoms with Crippen LogP contribution in [-0.2, 0) is 18.5 Å². The molecule has 9 atom stereocenters. The molecule has 28 heavy (non-hydrogen) atoms. The van der Waals surface area contributed by atoms with Crippen molar-refractivity contribution >= 4 is 24.5 Å². The minimum atomic E-state index is -0.127. The monoisotopic (exact) mass is 408 g/mol. The summed E-state index contributed by atoms with van der Waals surface area (Å²) in [6.45, 7) is 8.97. The van der Waals surface area contributed by atoms with Crippen molar-refractivity contribution in [2.75, 3.05) is 6.61 Å². The zero-order chi connectivity index (χ0) is 20.3. The van der Waals surface area contributed by atoms with Crippen LogP contribution < -0.4 is 0 Å². The first-order chi connectivity index (χ1) is 13.3. The second kappa shape index (κ2) is 7.39. The van der Waals surface area contributed by atoms with Gasteiger partial charge in [-0.05, 0) is 93.9 Å². The molecule has 4 fully saturated rings. The lowest BCUT2D eigenvalue weighted by atomic mass is 9.44. The molecule has 0 aromatic rings. The molecule has 4 nitrogen and oxygen atoms in total.